The van der Waals surface area contributed by atoms with E-state index in [1.54, 1.807) is 6.08 Å². The van der Waals surface area contributed by atoms with Crippen LogP contribution in [0.15, 0.2) is 36.5 Å². The Morgan fingerprint density at radius 1 is 0.380 bits per heavy atom. The number of hydrogen-bond acceptors (Lipinski definition) is 13. The monoisotopic (exact) mass is 1310 g/mol. The van der Waals surface area contributed by atoms with Crippen LogP contribution >= 0.6 is 0 Å². The smallest absolute Gasteiger partial charge is 0.220 e. The minimum atomic E-state index is -1.79. The highest BCUT2D eigenvalue weighted by atomic mass is 16.7. The van der Waals surface area contributed by atoms with Gasteiger partial charge in [-0.1, -0.05) is 333 Å². The molecular formula is C78H147NO13. The number of rotatable bonds is 66. The van der Waals surface area contributed by atoms with E-state index in [0.29, 0.717) is 12.8 Å². The summed E-state index contributed by atoms with van der Waals surface area (Å²) in [5, 5.41) is 87.6. The first-order chi connectivity index (χ1) is 45.1. The van der Waals surface area contributed by atoms with Crippen molar-refractivity contribution in [1.29, 1.82) is 0 Å². The van der Waals surface area contributed by atoms with E-state index in [-0.39, 0.29) is 18.9 Å². The SMILES string of the molecule is CCCCCCCCCC/C=C\CCCCCCCCCCCCCCCCCCCCCCCCCC(=O)NC(COC1OC(CO)C(OC2OC(CO)C(O)C(O)C2O)C(O)C1O)C(O)/C=C/CC/C=C/CCCCCCCCCCCCCCCCCCC. The van der Waals surface area contributed by atoms with Crippen LogP contribution in [0.2, 0.25) is 0 Å². The van der Waals surface area contributed by atoms with Crippen molar-refractivity contribution < 1.29 is 64.6 Å². The molecule has 2 saturated heterocycles. The van der Waals surface area contributed by atoms with Crippen LogP contribution < -0.4 is 5.32 Å². The number of carbonyl (C=O) groups is 1. The van der Waals surface area contributed by atoms with Crippen molar-refractivity contribution in [2.45, 2.75) is 434 Å². The third-order valence-corrected chi connectivity index (χ3v) is 19.3. The molecule has 0 bridgehead atoms. The van der Waals surface area contributed by atoms with Gasteiger partial charge in [-0.05, 0) is 57.8 Å². The van der Waals surface area contributed by atoms with E-state index in [2.05, 4.69) is 43.5 Å². The number of unbranched alkanes of at least 4 members (excludes halogenated alkanes) is 49. The van der Waals surface area contributed by atoms with Crippen molar-refractivity contribution >= 4 is 5.91 Å². The standard InChI is InChI=1S/C78H147NO13/c1-3-5-7-9-11-13-15-17-19-21-23-25-27-28-29-30-31-32-33-34-35-36-37-38-40-42-44-46-48-50-52-54-56-58-60-62-70(83)79-66(65-89-77-75(88)73(86)76(69(64-81)91-77)92-78-74(87)72(85)71(84)68(63-80)90-78)67(82)61-59-57-55-53-51-49-47-45-43-41-39-26-24-22-20-18-16-14-12-10-8-6-4-2/h21,23,51,53,59,61,66-69,71-78,80-82,84-88H,3-20,22,24-50,52,54-58,60,62-65H2,1-2H3,(H,79,83)/b23-21-,53-51+,61-59+. The largest absolute Gasteiger partial charge is 0.394 e. The van der Waals surface area contributed by atoms with Crippen LogP contribution in [-0.2, 0) is 23.7 Å². The van der Waals surface area contributed by atoms with E-state index in [1.807, 2.05) is 6.08 Å². The zero-order valence-corrected chi connectivity index (χ0v) is 59.3. The van der Waals surface area contributed by atoms with Crippen LogP contribution in [-0.4, -0.2) is 140 Å². The highest BCUT2D eigenvalue weighted by Gasteiger charge is 2.51. The van der Waals surface area contributed by atoms with Gasteiger partial charge in [0.1, 0.15) is 48.8 Å². The Hall–Kier alpha value is -1.79. The summed E-state index contributed by atoms with van der Waals surface area (Å²) in [5.74, 6) is -0.241. The third kappa shape index (κ3) is 45.7. The zero-order valence-electron chi connectivity index (χ0n) is 59.3. The summed E-state index contributed by atoms with van der Waals surface area (Å²) in [7, 11) is 0. The lowest BCUT2D eigenvalue weighted by Gasteiger charge is -2.46. The van der Waals surface area contributed by atoms with Gasteiger partial charge in [0.2, 0.25) is 5.91 Å². The van der Waals surface area contributed by atoms with E-state index < -0.39 is 86.8 Å². The number of amides is 1. The molecule has 2 heterocycles. The highest BCUT2D eigenvalue weighted by molar-refractivity contribution is 5.76. The molecule has 2 aliphatic heterocycles. The van der Waals surface area contributed by atoms with Crippen LogP contribution in [0.4, 0.5) is 0 Å². The molecule has 12 unspecified atom stereocenters. The fourth-order valence-corrected chi connectivity index (χ4v) is 13.1. The van der Waals surface area contributed by atoms with Gasteiger partial charge in [-0.15, -0.1) is 0 Å². The van der Waals surface area contributed by atoms with Gasteiger partial charge >= 0.3 is 0 Å². The number of hydrogen-bond donors (Lipinski definition) is 9. The minimum Gasteiger partial charge on any atom is -0.394 e. The Morgan fingerprint density at radius 3 is 1.07 bits per heavy atom. The van der Waals surface area contributed by atoms with Crippen molar-refractivity contribution in [2.75, 3.05) is 19.8 Å². The van der Waals surface area contributed by atoms with Gasteiger partial charge in [0.15, 0.2) is 12.6 Å². The van der Waals surface area contributed by atoms with Gasteiger partial charge in [-0.2, -0.15) is 0 Å². The topological polar surface area (TPSA) is 228 Å². The van der Waals surface area contributed by atoms with Gasteiger partial charge in [0.05, 0.1) is 32.0 Å². The average molecular weight is 1310 g/mol. The van der Waals surface area contributed by atoms with E-state index in [4.69, 9.17) is 18.9 Å². The van der Waals surface area contributed by atoms with Gasteiger partial charge in [0, 0.05) is 6.42 Å². The molecule has 0 aliphatic carbocycles. The molecule has 0 saturated carbocycles. The highest BCUT2D eigenvalue weighted by Crippen LogP contribution is 2.30. The predicted molar refractivity (Wildman–Crippen MR) is 378 cm³/mol. The van der Waals surface area contributed by atoms with Gasteiger partial charge in [-0.3, -0.25) is 4.79 Å². The predicted octanol–water partition coefficient (Wildman–Crippen LogP) is 17.2. The van der Waals surface area contributed by atoms with Crippen molar-refractivity contribution in [3.8, 4) is 0 Å². The summed E-state index contributed by atoms with van der Waals surface area (Å²) < 4.78 is 22.9. The average Bonchev–Trinajstić information content (AvgIpc) is 0.830. The fraction of sp³-hybridized carbons (Fsp3) is 0.910. The number of aliphatic hydroxyl groups is 8. The maximum atomic E-state index is 13.4. The van der Waals surface area contributed by atoms with E-state index in [1.165, 1.54) is 295 Å². The maximum absolute atomic E-state index is 13.4. The summed E-state index contributed by atoms with van der Waals surface area (Å²) >= 11 is 0. The van der Waals surface area contributed by atoms with Gasteiger partial charge in [0.25, 0.3) is 0 Å². The van der Waals surface area contributed by atoms with Crippen molar-refractivity contribution in [3.05, 3.63) is 36.5 Å². The molecule has 0 aromatic carbocycles. The Kier molecular flexibility index (Phi) is 58.8. The molecule has 0 aromatic heterocycles. The summed E-state index contributed by atoms with van der Waals surface area (Å²) in [5.41, 5.74) is 0. The molecule has 14 nitrogen and oxygen atoms in total. The second-order valence-corrected chi connectivity index (χ2v) is 27.8. The first-order valence-electron chi connectivity index (χ1n) is 39.2. The molecule has 9 N–H and O–H groups in total. The number of allylic oxidation sites excluding steroid dienone is 5. The van der Waals surface area contributed by atoms with Gasteiger partial charge < -0.3 is 65.1 Å². The number of ether oxygens (including phenoxy) is 4. The molecule has 12 atom stereocenters. The maximum Gasteiger partial charge on any atom is 0.220 e. The third-order valence-electron chi connectivity index (χ3n) is 19.3. The fourth-order valence-electron chi connectivity index (χ4n) is 13.1. The first kappa shape index (κ1) is 86.3. The Bertz CT molecular complexity index is 1680. The van der Waals surface area contributed by atoms with Crippen LogP contribution in [0.3, 0.4) is 0 Å². The van der Waals surface area contributed by atoms with Crippen molar-refractivity contribution in [2.24, 2.45) is 0 Å². The lowest BCUT2D eigenvalue weighted by Crippen LogP contribution is -2.65. The Balaban J connectivity index is 1.61. The molecule has 14 heteroatoms. The first-order valence-corrected chi connectivity index (χ1v) is 39.2. The van der Waals surface area contributed by atoms with Crippen molar-refractivity contribution in [1.82, 2.24) is 5.32 Å². The second-order valence-electron chi connectivity index (χ2n) is 27.8. The molecule has 2 fully saturated rings. The van der Waals surface area contributed by atoms with E-state index in [9.17, 15) is 45.6 Å². The number of carbonyl (C=O) groups excluding carboxylic acids is 1. The quantitative estimate of drug-likeness (QED) is 0.0204. The Labute approximate surface area is 563 Å². The molecule has 1 amide bonds. The lowest BCUT2D eigenvalue weighted by atomic mass is 9.97. The molecule has 542 valence electrons. The van der Waals surface area contributed by atoms with Crippen LogP contribution in [0.5, 0.6) is 0 Å². The lowest BCUT2D eigenvalue weighted by molar-refractivity contribution is -0.359. The number of aliphatic hydroxyl groups excluding tert-OH is 8. The molecular weight excluding hydrogens is 1160 g/mol. The second kappa shape index (κ2) is 62.7. The summed E-state index contributed by atoms with van der Waals surface area (Å²) in [6.07, 6.45) is 65.2. The van der Waals surface area contributed by atoms with Crippen molar-refractivity contribution in [3.63, 3.8) is 0 Å². The molecule has 92 heavy (non-hydrogen) atoms. The van der Waals surface area contributed by atoms with Gasteiger partial charge in [-0.25, -0.2) is 0 Å². The van der Waals surface area contributed by atoms with E-state index >= 15 is 0 Å². The molecule has 0 aromatic rings. The van der Waals surface area contributed by atoms with Crippen LogP contribution in [0, 0.1) is 0 Å². The summed E-state index contributed by atoms with van der Waals surface area (Å²) in [6.45, 7) is 2.84. The molecule has 0 radical (unpaired) electrons. The van der Waals surface area contributed by atoms with Crippen LogP contribution in [0.25, 0.3) is 0 Å². The van der Waals surface area contributed by atoms with Crippen LogP contribution in [0.1, 0.15) is 361 Å². The minimum absolute atomic E-state index is 0.241. The summed E-state index contributed by atoms with van der Waals surface area (Å²) in [4.78, 5) is 13.4. The molecule has 0 spiro atoms. The summed E-state index contributed by atoms with van der Waals surface area (Å²) in [6, 6.07) is -0.931. The normalized spacial score (nSPS) is 22.8. The molecule has 2 aliphatic rings. The molecule has 2 rings (SSSR count). The zero-order chi connectivity index (χ0) is 66.6. The number of nitrogens with one attached hydrogen (secondary N) is 1. The Morgan fingerprint density at radius 2 is 0.696 bits per heavy atom. The van der Waals surface area contributed by atoms with E-state index in [0.717, 1.165) is 32.1 Å².